The molecule has 1 saturated carbocycles. The summed E-state index contributed by atoms with van der Waals surface area (Å²) in [5, 5.41) is 11.6. The molecule has 1 aliphatic rings. The van der Waals surface area contributed by atoms with Gasteiger partial charge in [-0.25, -0.2) is 9.78 Å². The molecule has 2 rings (SSSR count). The van der Waals surface area contributed by atoms with E-state index >= 15 is 0 Å². The summed E-state index contributed by atoms with van der Waals surface area (Å²) in [5.74, 6) is -0.699. The Morgan fingerprint density at radius 2 is 2.28 bits per heavy atom. The maximum absolute atomic E-state index is 11.6. The number of aromatic nitrogens is 2. The lowest BCUT2D eigenvalue weighted by Gasteiger charge is -2.14. The zero-order valence-corrected chi connectivity index (χ0v) is 10.1. The summed E-state index contributed by atoms with van der Waals surface area (Å²) in [4.78, 5) is 26.5. The SMILES string of the molecule is O=C(CCn1ccnc1)NC(CC1CC1)C(=O)O. The molecule has 6 heteroatoms. The quantitative estimate of drug-likeness (QED) is 0.745. The minimum atomic E-state index is -0.946. The van der Waals surface area contributed by atoms with Gasteiger partial charge in [-0.3, -0.25) is 4.79 Å². The zero-order chi connectivity index (χ0) is 13.0. The number of carbonyl (C=O) groups excluding carboxylic acids is 1. The number of hydrogen-bond donors (Lipinski definition) is 2. The maximum atomic E-state index is 11.6. The fourth-order valence-electron chi connectivity index (χ4n) is 1.82. The number of hydrogen-bond acceptors (Lipinski definition) is 3. The molecule has 0 aliphatic heterocycles. The van der Waals surface area contributed by atoms with Gasteiger partial charge in [0.25, 0.3) is 0 Å². The van der Waals surface area contributed by atoms with E-state index in [1.165, 1.54) is 0 Å². The van der Waals surface area contributed by atoms with E-state index in [4.69, 9.17) is 5.11 Å². The van der Waals surface area contributed by atoms with E-state index in [9.17, 15) is 9.59 Å². The van der Waals surface area contributed by atoms with Gasteiger partial charge in [-0.2, -0.15) is 0 Å². The monoisotopic (exact) mass is 251 g/mol. The predicted octanol–water partition coefficient (Wildman–Crippen LogP) is 0.643. The first-order valence-corrected chi connectivity index (χ1v) is 6.13. The average molecular weight is 251 g/mol. The fourth-order valence-corrected chi connectivity index (χ4v) is 1.82. The lowest BCUT2D eigenvalue weighted by molar-refractivity contribution is -0.142. The van der Waals surface area contributed by atoms with Gasteiger partial charge in [-0.1, -0.05) is 12.8 Å². The minimum Gasteiger partial charge on any atom is -0.480 e. The summed E-state index contributed by atoms with van der Waals surface area (Å²) in [6.45, 7) is 0.515. The summed E-state index contributed by atoms with van der Waals surface area (Å²) in [7, 11) is 0. The number of nitrogens with zero attached hydrogens (tertiary/aromatic N) is 2. The van der Waals surface area contributed by atoms with Crippen LogP contribution >= 0.6 is 0 Å². The predicted molar refractivity (Wildman–Crippen MR) is 63.8 cm³/mol. The van der Waals surface area contributed by atoms with Crippen LogP contribution in [0.3, 0.4) is 0 Å². The molecule has 1 atom stereocenters. The highest BCUT2D eigenvalue weighted by Gasteiger charge is 2.29. The van der Waals surface area contributed by atoms with Crippen molar-refractivity contribution in [2.24, 2.45) is 5.92 Å². The molecule has 1 aromatic heterocycles. The summed E-state index contributed by atoms with van der Waals surface area (Å²) < 4.78 is 1.79. The van der Waals surface area contributed by atoms with Gasteiger partial charge in [0, 0.05) is 25.4 Å². The number of rotatable bonds is 7. The molecule has 1 heterocycles. The number of imidazole rings is 1. The van der Waals surface area contributed by atoms with E-state index in [-0.39, 0.29) is 12.3 Å². The molecule has 0 radical (unpaired) electrons. The first-order chi connectivity index (χ1) is 8.65. The first-order valence-electron chi connectivity index (χ1n) is 6.13. The Morgan fingerprint density at radius 3 is 2.83 bits per heavy atom. The zero-order valence-electron chi connectivity index (χ0n) is 10.1. The molecule has 1 aliphatic carbocycles. The Balaban J connectivity index is 1.75. The van der Waals surface area contributed by atoms with Gasteiger partial charge in [-0.05, 0) is 12.3 Å². The molecule has 1 fully saturated rings. The molecule has 0 aromatic carbocycles. The molecule has 1 aromatic rings. The highest BCUT2D eigenvalue weighted by molar-refractivity contribution is 5.83. The van der Waals surface area contributed by atoms with Crippen LogP contribution in [0.2, 0.25) is 0 Å². The Morgan fingerprint density at radius 1 is 1.50 bits per heavy atom. The third kappa shape index (κ3) is 3.87. The molecular weight excluding hydrogens is 234 g/mol. The molecule has 0 spiro atoms. The van der Waals surface area contributed by atoms with Crippen molar-refractivity contribution in [3.8, 4) is 0 Å². The Labute approximate surface area is 105 Å². The van der Waals surface area contributed by atoms with Crippen molar-refractivity contribution in [2.75, 3.05) is 0 Å². The van der Waals surface area contributed by atoms with Gasteiger partial charge in [0.1, 0.15) is 6.04 Å². The number of carbonyl (C=O) groups is 2. The van der Waals surface area contributed by atoms with E-state index < -0.39 is 12.0 Å². The molecule has 1 unspecified atom stereocenters. The largest absolute Gasteiger partial charge is 0.480 e. The fraction of sp³-hybridized carbons (Fsp3) is 0.583. The summed E-state index contributed by atoms with van der Waals surface area (Å²) in [6, 6.07) is -0.743. The van der Waals surface area contributed by atoms with Crippen molar-refractivity contribution in [1.29, 1.82) is 0 Å². The second-order valence-electron chi connectivity index (χ2n) is 4.69. The second-order valence-corrected chi connectivity index (χ2v) is 4.69. The van der Waals surface area contributed by atoms with Crippen molar-refractivity contribution in [3.05, 3.63) is 18.7 Å². The van der Waals surface area contributed by atoms with E-state index in [1.54, 1.807) is 23.3 Å². The van der Waals surface area contributed by atoms with Crippen LogP contribution in [0.15, 0.2) is 18.7 Å². The van der Waals surface area contributed by atoms with Crippen molar-refractivity contribution in [3.63, 3.8) is 0 Å². The standard InChI is InChI=1S/C12H17N3O3/c16-11(3-5-15-6-4-13-8-15)14-10(12(17)18)7-9-1-2-9/h4,6,8-10H,1-3,5,7H2,(H,14,16)(H,17,18). The van der Waals surface area contributed by atoms with Crippen molar-refractivity contribution in [2.45, 2.75) is 38.3 Å². The van der Waals surface area contributed by atoms with E-state index in [0.717, 1.165) is 12.8 Å². The molecule has 2 N–H and O–H groups in total. The molecule has 0 saturated heterocycles. The van der Waals surface area contributed by atoms with Gasteiger partial charge in [-0.15, -0.1) is 0 Å². The van der Waals surface area contributed by atoms with Crippen LogP contribution in [-0.2, 0) is 16.1 Å². The van der Waals surface area contributed by atoms with E-state index in [0.29, 0.717) is 18.9 Å². The smallest absolute Gasteiger partial charge is 0.326 e. The van der Waals surface area contributed by atoms with E-state index in [1.807, 2.05) is 0 Å². The Hall–Kier alpha value is -1.85. The van der Waals surface area contributed by atoms with Gasteiger partial charge >= 0.3 is 5.97 Å². The van der Waals surface area contributed by atoms with Crippen LogP contribution in [0, 0.1) is 5.92 Å². The number of carboxylic acids is 1. The molecule has 18 heavy (non-hydrogen) atoms. The van der Waals surface area contributed by atoms with Crippen molar-refractivity contribution in [1.82, 2.24) is 14.9 Å². The second kappa shape index (κ2) is 5.66. The van der Waals surface area contributed by atoms with E-state index in [2.05, 4.69) is 10.3 Å². The average Bonchev–Trinajstić information content (AvgIpc) is 2.99. The van der Waals surface area contributed by atoms with Crippen LogP contribution in [0.25, 0.3) is 0 Å². The van der Waals surface area contributed by atoms with Crippen LogP contribution < -0.4 is 5.32 Å². The molecule has 1 amide bonds. The normalized spacial score (nSPS) is 16.2. The summed E-state index contributed by atoms with van der Waals surface area (Å²) in [6.07, 6.45) is 8.02. The van der Waals surface area contributed by atoms with Crippen molar-refractivity contribution < 1.29 is 14.7 Å². The van der Waals surface area contributed by atoms with Crippen LogP contribution in [0.4, 0.5) is 0 Å². The summed E-state index contributed by atoms with van der Waals surface area (Å²) >= 11 is 0. The minimum absolute atomic E-state index is 0.225. The van der Waals surface area contributed by atoms with Crippen molar-refractivity contribution >= 4 is 11.9 Å². The molecule has 0 bridgehead atoms. The van der Waals surface area contributed by atoms with Gasteiger partial charge < -0.3 is 15.0 Å². The number of aliphatic carboxylic acids is 1. The lowest BCUT2D eigenvalue weighted by atomic mass is 10.1. The van der Waals surface area contributed by atoms with Crippen LogP contribution in [-0.4, -0.2) is 32.6 Å². The third-order valence-corrected chi connectivity index (χ3v) is 3.06. The number of carboxylic acid groups (broad SMARTS) is 1. The van der Waals surface area contributed by atoms with Gasteiger partial charge in [0.15, 0.2) is 0 Å². The van der Waals surface area contributed by atoms with Crippen LogP contribution in [0.1, 0.15) is 25.7 Å². The number of amides is 1. The van der Waals surface area contributed by atoms with Gasteiger partial charge in [0.2, 0.25) is 5.91 Å². The molecule has 6 nitrogen and oxygen atoms in total. The third-order valence-electron chi connectivity index (χ3n) is 3.06. The molecule has 98 valence electrons. The molecular formula is C12H17N3O3. The Bertz CT molecular complexity index is 412. The maximum Gasteiger partial charge on any atom is 0.326 e. The topological polar surface area (TPSA) is 84.2 Å². The number of nitrogens with one attached hydrogen (secondary N) is 1. The first kappa shape index (κ1) is 12.6. The highest BCUT2D eigenvalue weighted by Crippen LogP contribution is 2.33. The van der Waals surface area contributed by atoms with Crippen LogP contribution in [0.5, 0.6) is 0 Å². The van der Waals surface area contributed by atoms with Gasteiger partial charge in [0.05, 0.1) is 6.33 Å². The Kier molecular flexibility index (Phi) is 3.96. The summed E-state index contributed by atoms with van der Waals surface area (Å²) in [5.41, 5.74) is 0. The number of aryl methyl sites for hydroxylation is 1. The lowest BCUT2D eigenvalue weighted by Crippen LogP contribution is -2.41. The highest BCUT2D eigenvalue weighted by atomic mass is 16.4.